The van der Waals surface area contributed by atoms with Gasteiger partial charge in [-0.1, -0.05) is 35.5 Å². The topological polar surface area (TPSA) is 60.2 Å². The maximum atomic E-state index is 5.43. The van der Waals surface area contributed by atoms with Crippen molar-refractivity contribution in [2.75, 3.05) is 13.2 Å². The van der Waals surface area contributed by atoms with Gasteiger partial charge in [0.15, 0.2) is 5.82 Å². The predicted molar refractivity (Wildman–Crippen MR) is 76.3 cm³/mol. The molecule has 1 N–H and O–H groups in total. The van der Waals surface area contributed by atoms with Crippen LogP contribution in [0.15, 0.2) is 34.9 Å². The molecule has 0 saturated heterocycles. The van der Waals surface area contributed by atoms with Gasteiger partial charge >= 0.3 is 0 Å². The highest BCUT2D eigenvalue weighted by Gasteiger charge is 2.07. The Hall–Kier alpha value is -1.72. The van der Waals surface area contributed by atoms with Gasteiger partial charge in [-0.2, -0.15) is 4.98 Å². The summed E-state index contributed by atoms with van der Waals surface area (Å²) in [6, 6.07) is 10.1. The van der Waals surface area contributed by atoms with Crippen LogP contribution in [0.3, 0.4) is 0 Å². The van der Waals surface area contributed by atoms with E-state index in [0.29, 0.717) is 24.7 Å². The summed E-state index contributed by atoms with van der Waals surface area (Å²) in [6.45, 7) is 6.09. The molecule has 1 aromatic heterocycles. The van der Waals surface area contributed by atoms with Crippen LogP contribution >= 0.6 is 0 Å². The SMILES string of the molecule is CCOC(C)CNCc1nc(Cc2ccccc2)no1. The highest BCUT2D eigenvalue weighted by molar-refractivity contribution is 5.18. The Morgan fingerprint density at radius 2 is 2.10 bits per heavy atom. The minimum Gasteiger partial charge on any atom is -0.377 e. The number of nitrogens with zero attached hydrogens (tertiary/aromatic N) is 2. The second kappa shape index (κ2) is 7.77. The van der Waals surface area contributed by atoms with Gasteiger partial charge in [-0.15, -0.1) is 0 Å². The van der Waals surface area contributed by atoms with E-state index in [1.165, 1.54) is 5.56 Å². The summed E-state index contributed by atoms with van der Waals surface area (Å²) in [5, 5.41) is 7.23. The monoisotopic (exact) mass is 275 g/mol. The summed E-state index contributed by atoms with van der Waals surface area (Å²) in [4.78, 5) is 4.37. The lowest BCUT2D eigenvalue weighted by Crippen LogP contribution is -2.26. The van der Waals surface area contributed by atoms with Crippen molar-refractivity contribution in [2.24, 2.45) is 0 Å². The van der Waals surface area contributed by atoms with Crippen LogP contribution < -0.4 is 5.32 Å². The van der Waals surface area contributed by atoms with Crippen LogP contribution in [0.25, 0.3) is 0 Å². The fourth-order valence-electron chi connectivity index (χ4n) is 1.94. The molecular formula is C15H21N3O2. The van der Waals surface area contributed by atoms with Crippen molar-refractivity contribution in [3.05, 3.63) is 47.6 Å². The van der Waals surface area contributed by atoms with Crippen LogP contribution in [0, 0.1) is 0 Å². The third kappa shape index (κ3) is 4.75. The van der Waals surface area contributed by atoms with E-state index in [4.69, 9.17) is 9.26 Å². The zero-order valence-corrected chi connectivity index (χ0v) is 12.0. The molecule has 2 aromatic rings. The largest absolute Gasteiger partial charge is 0.377 e. The Bertz CT molecular complexity index is 499. The van der Waals surface area contributed by atoms with E-state index >= 15 is 0 Å². The maximum Gasteiger partial charge on any atom is 0.240 e. The first-order chi connectivity index (χ1) is 9.78. The van der Waals surface area contributed by atoms with Gasteiger partial charge in [0.2, 0.25) is 5.89 Å². The second-order valence-corrected chi connectivity index (χ2v) is 4.66. The van der Waals surface area contributed by atoms with Crippen LogP contribution in [0.1, 0.15) is 31.1 Å². The Balaban J connectivity index is 1.78. The standard InChI is InChI=1S/C15H21N3O2/c1-3-19-12(2)10-16-11-15-17-14(18-20-15)9-13-7-5-4-6-8-13/h4-8,12,16H,3,9-11H2,1-2H3. The van der Waals surface area contributed by atoms with Crippen LogP contribution in [-0.4, -0.2) is 29.4 Å². The molecule has 0 bridgehead atoms. The first-order valence-electron chi connectivity index (χ1n) is 6.95. The smallest absolute Gasteiger partial charge is 0.240 e. The fraction of sp³-hybridized carbons (Fsp3) is 0.467. The lowest BCUT2D eigenvalue weighted by atomic mass is 10.1. The maximum absolute atomic E-state index is 5.43. The Labute approximate surface area is 119 Å². The van der Waals surface area contributed by atoms with E-state index in [-0.39, 0.29) is 6.10 Å². The van der Waals surface area contributed by atoms with E-state index in [1.54, 1.807) is 0 Å². The first kappa shape index (κ1) is 14.7. The Kier molecular flexibility index (Phi) is 5.70. The molecule has 0 saturated carbocycles. The molecule has 0 fully saturated rings. The number of hydrogen-bond acceptors (Lipinski definition) is 5. The number of benzene rings is 1. The predicted octanol–water partition coefficient (Wildman–Crippen LogP) is 2.17. The highest BCUT2D eigenvalue weighted by Crippen LogP contribution is 2.06. The average Bonchev–Trinajstić information content (AvgIpc) is 2.88. The van der Waals surface area contributed by atoms with Gasteiger partial charge in [0.25, 0.3) is 0 Å². The molecule has 0 aliphatic heterocycles. The van der Waals surface area contributed by atoms with Crippen molar-refractivity contribution in [1.29, 1.82) is 0 Å². The van der Waals surface area contributed by atoms with Crippen molar-refractivity contribution in [3.8, 4) is 0 Å². The van der Waals surface area contributed by atoms with Crippen LogP contribution in [0.5, 0.6) is 0 Å². The summed E-state index contributed by atoms with van der Waals surface area (Å²) in [5.41, 5.74) is 1.18. The summed E-state index contributed by atoms with van der Waals surface area (Å²) in [7, 11) is 0. The number of nitrogens with one attached hydrogen (secondary N) is 1. The second-order valence-electron chi connectivity index (χ2n) is 4.66. The molecule has 1 atom stereocenters. The molecular weight excluding hydrogens is 254 g/mol. The van der Waals surface area contributed by atoms with Gasteiger partial charge in [0.05, 0.1) is 12.6 Å². The summed E-state index contributed by atoms with van der Waals surface area (Å²) in [5.74, 6) is 1.32. The Morgan fingerprint density at radius 1 is 1.30 bits per heavy atom. The van der Waals surface area contributed by atoms with E-state index in [0.717, 1.165) is 13.2 Å². The third-order valence-electron chi connectivity index (χ3n) is 2.87. The highest BCUT2D eigenvalue weighted by atomic mass is 16.5. The molecule has 0 amide bonds. The van der Waals surface area contributed by atoms with Gasteiger partial charge in [0.1, 0.15) is 0 Å². The molecule has 1 unspecified atom stereocenters. The zero-order chi connectivity index (χ0) is 14.2. The van der Waals surface area contributed by atoms with E-state index in [9.17, 15) is 0 Å². The number of ether oxygens (including phenoxy) is 1. The van der Waals surface area contributed by atoms with Gasteiger partial charge in [-0.25, -0.2) is 0 Å². The molecule has 0 aliphatic carbocycles. The molecule has 5 nitrogen and oxygen atoms in total. The minimum absolute atomic E-state index is 0.187. The van der Waals surface area contributed by atoms with Crippen LogP contribution in [-0.2, 0) is 17.7 Å². The number of rotatable bonds is 8. The molecule has 2 rings (SSSR count). The summed E-state index contributed by atoms with van der Waals surface area (Å²) >= 11 is 0. The normalized spacial score (nSPS) is 12.5. The first-order valence-corrected chi connectivity index (χ1v) is 6.95. The molecule has 5 heteroatoms. The minimum atomic E-state index is 0.187. The molecule has 0 spiro atoms. The number of hydrogen-bond donors (Lipinski definition) is 1. The van der Waals surface area contributed by atoms with Gasteiger partial charge < -0.3 is 14.6 Å². The molecule has 1 aromatic carbocycles. The van der Waals surface area contributed by atoms with Crippen molar-refractivity contribution in [2.45, 2.75) is 32.9 Å². The molecule has 108 valence electrons. The van der Waals surface area contributed by atoms with Crippen LogP contribution in [0.4, 0.5) is 0 Å². The fourth-order valence-corrected chi connectivity index (χ4v) is 1.94. The van der Waals surface area contributed by atoms with E-state index in [2.05, 4.69) is 27.6 Å². The Morgan fingerprint density at radius 3 is 2.85 bits per heavy atom. The lowest BCUT2D eigenvalue weighted by molar-refractivity contribution is 0.0754. The van der Waals surface area contributed by atoms with E-state index < -0.39 is 0 Å². The van der Waals surface area contributed by atoms with Crippen molar-refractivity contribution in [3.63, 3.8) is 0 Å². The summed E-state index contributed by atoms with van der Waals surface area (Å²) in [6.07, 6.45) is 0.881. The van der Waals surface area contributed by atoms with Crippen LogP contribution in [0.2, 0.25) is 0 Å². The lowest BCUT2D eigenvalue weighted by Gasteiger charge is -2.10. The third-order valence-corrected chi connectivity index (χ3v) is 2.87. The molecule has 0 aliphatic rings. The quantitative estimate of drug-likeness (QED) is 0.800. The molecule has 20 heavy (non-hydrogen) atoms. The summed E-state index contributed by atoms with van der Waals surface area (Å²) < 4.78 is 10.6. The zero-order valence-electron chi connectivity index (χ0n) is 12.0. The van der Waals surface area contributed by atoms with Gasteiger partial charge in [-0.3, -0.25) is 0 Å². The average molecular weight is 275 g/mol. The van der Waals surface area contributed by atoms with Crippen molar-refractivity contribution in [1.82, 2.24) is 15.5 Å². The number of aromatic nitrogens is 2. The van der Waals surface area contributed by atoms with Gasteiger partial charge in [-0.05, 0) is 19.4 Å². The molecule has 1 heterocycles. The van der Waals surface area contributed by atoms with Crippen molar-refractivity contribution < 1.29 is 9.26 Å². The molecule has 0 radical (unpaired) electrons. The van der Waals surface area contributed by atoms with Gasteiger partial charge in [0, 0.05) is 19.6 Å². The van der Waals surface area contributed by atoms with E-state index in [1.807, 2.05) is 32.0 Å². The van der Waals surface area contributed by atoms with Crippen molar-refractivity contribution >= 4 is 0 Å².